The van der Waals surface area contributed by atoms with Crippen molar-refractivity contribution in [2.75, 3.05) is 0 Å². The smallest absolute Gasteiger partial charge is 0.0266 e. The maximum absolute atomic E-state index is 2.71. The molecule has 0 bridgehead atoms. The maximum Gasteiger partial charge on any atom is -0.0266 e. The second-order valence-corrected chi connectivity index (χ2v) is 9.72. The van der Waals surface area contributed by atoms with Crippen LogP contribution >= 0.6 is 0 Å². The Morgan fingerprint density at radius 1 is 0.857 bits per heavy atom. The van der Waals surface area contributed by atoms with Crippen molar-refractivity contribution in [3.63, 3.8) is 0 Å². The average Bonchev–Trinajstić information content (AvgIpc) is 2.83. The van der Waals surface area contributed by atoms with E-state index in [1.807, 2.05) is 0 Å². The Morgan fingerprint density at radius 2 is 1.67 bits per heavy atom. The highest BCUT2D eigenvalue weighted by Gasteiger charge is 2.59. The van der Waals surface area contributed by atoms with E-state index in [0.29, 0.717) is 0 Å². The Morgan fingerprint density at radius 3 is 2.48 bits per heavy atom. The molecule has 0 aliphatic heterocycles. The van der Waals surface area contributed by atoms with Crippen LogP contribution in [0.25, 0.3) is 0 Å². The van der Waals surface area contributed by atoms with Gasteiger partial charge in [-0.1, -0.05) is 40.0 Å². The third-order valence-corrected chi connectivity index (χ3v) is 9.07. The third-order valence-electron chi connectivity index (χ3n) is 9.07. The molecule has 0 radical (unpaired) electrons. The van der Waals surface area contributed by atoms with Crippen molar-refractivity contribution in [1.29, 1.82) is 0 Å². The van der Waals surface area contributed by atoms with Crippen LogP contribution in [0.4, 0.5) is 0 Å². The molecule has 0 heterocycles. The SMILES string of the molecule is CCC1CC[C@@]2(C)CC[C@H]3[C@@H](CC[C@H]4CCCC[C@@]43C)[C@H]12. The van der Waals surface area contributed by atoms with E-state index in [9.17, 15) is 0 Å². The highest BCUT2D eigenvalue weighted by atomic mass is 14.6. The van der Waals surface area contributed by atoms with Crippen LogP contribution in [-0.4, -0.2) is 0 Å². The molecule has 4 aliphatic carbocycles. The predicted molar refractivity (Wildman–Crippen MR) is 90.1 cm³/mol. The fraction of sp³-hybridized carbons (Fsp3) is 1.00. The molecule has 0 aromatic heterocycles. The van der Waals surface area contributed by atoms with Crippen LogP contribution < -0.4 is 0 Å². The molecule has 0 nitrogen and oxygen atoms in total. The van der Waals surface area contributed by atoms with Crippen molar-refractivity contribution in [2.24, 2.45) is 40.4 Å². The van der Waals surface area contributed by atoms with Gasteiger partial charge in [-0.25, -0.2) is 0 Å². The molecule has 21 heavy (non-hydrogen) atoms. The zero-order valence-corrected chi connectivity index (χ0v) is 14.7. The van der Waals surface area contributed by atoms with E-state index < -0.39 is 0 Å². The Hall–Kier alpha value is 0. The summed E-state index contributed by atoms with van der Waals surface area (Å²) in [6.45, 7) is 7.85. The second-order valence-electron chi connectivity index (χ2n) is 9.72. The average molecular weight is 289 g/mol. The fourth-order valence-corrected chi connectivity index (χ4v) is 7.98. The van der Waals surface area contributed by atoms with Gasteiger partial charge in [-0.3, -0.25) is 0 Å². The molecular formula is C21H36. The Bertz CT molecular complexity index is 399. The minimum Gasteiger partial charge on any atom is -0.0651 e. The topological polar surface area (TPSA) is 0 Å². The maximum atomic E-state index is 2.71. The summed E-state index contributed by atoms with van der Waals surface area (Å²) in [5.41, 5.74) is 1.45. The van der Waals surface area contributed by atoms with E-state index in [2.05, 4.69) is 20.8 Å². The standard InChI is InChI=1S/C21H36/c1-4-15-10-13-20(2)14-11-18-17(19(15)20)9-8-16-7-5-6-12-21(16,18)3/h15-19H,4-14H2,1-3H3/t15?,16-,17-,18+,19+,20+,21+/m1/s1. The summed E-state index contributed by atoms with van der Waals surface area (Å²) >= 11 is 0. The molecule has 4 aliphatic rings. The van der Waals surface area contributed by atoms with Gasteiger partial charge in [-0.2, -0.15) is 0 Å². The lowest BCUT2D eigenvalue weighted by molar-refractivity contribution is -0.112. The number of hydrogen-bond acceptors (Lipinski definition) is 0. The molecule has 120 valence electrons. The lowest BCUT2D eigenvalue weighted by Crippen LogP contribution is -2.52. The van der Waals surface area contributed by atoms with Crippen molar-refractivity contribution in [3.05, 3.63) is 0 Å². The minimum atomic E-state index is 0.722. The second kappa shape index (κ2) is 5.00. The largest absolute Gasteiger partial charge is 0.0651 e. The van der Waals surface area contributed by atoms with Crippen molar-refractivity contribution in [1.82, 2.24) is 0 Å². The predicted octanol–water partition coefficient (Wildman–Crippen LogP) is 6.45. The first-order chi connectivity index (χ1) is 10.1. The number of hydrogen-bond donors (Lipinski definition) is 0. The summed E-state index contributed by atoms with van der Waals surface area (Å²) in [5.74, 6) is 5.41. The van der Waals surface area contributed by atoms with Crippen LogP contribution in [0.5, 0.6) is 0 Å². The Kier molecular flexibility index (Phi) is 3.47. The zero-order chi connectivity index (χ0) is 14.7. The minimum absolute atomic E-state index is 0.722. The molecule has 0 aromatic carbocycles. The van der Waals surface area contributed by atoms with E-state index in [1.54, 1.807) is 51.4 Å². The Labute approximate surface area is 132 Å². The van der Waals surface area contributed by atoms with E-state index >= 15 is 0 Å². The molecule has 4 fully saturated rings. The molecular weight excluding hydrogens is 252 g/mol. The van der Waals surface area contributed by atoms with Gasteiger partial charge in [-0.15, -0.1) is 0 Å². The molecule has 1 unspecified atom stereocenters. The van der Waals surface area contributed by atoms with Gasteiger partial charge in [0.2, 0.25) is 0 Å². The molecule has 0 saturated heterocycles. The van der Waals surface area contributed by atoms with Crippen molar-refractivity contribution in [3.8, 4) is 0 Å². The van der Waals surface area contributed by atoms with Crippen LogP contribution in [0.3, 0.4) is 0 Å². The summed E-state index contributed by atoms with van der Waals surface area (Å²) in [4.78, 5) is 0. The molecule has 0 N–H and O–H groups in total. The normalized spacial score (nSPS) is 56.4. The van der Waals surface area contributed by atoms with Crippen LogP contribution in [-0.2, 0) is 0 Å². The lowest BCUT2D eigenvalue weighted by Gasteiger charge is -2.60. The lowest BCUT2D eigenvalue weighted by atomic mass is 9.45. The summed E-state index contributed by atoms with van der Waals surface area (Å²) in [7, 11) is 0. The first kappa shape index (κ1) is 14.6. The summed E-state index contributed by atoms with van der Waals surface area (Å²) < 4.78 is 0. The Balaban J connectivity index is 1.66. The van der Waals surface area contributed by atoms with Gasteiger partial charge in [0.05, 0.1) is 0 Å². The van der Waals surface area contributed by atoms with E-state index in [4.69, 9.17) is 0 Å². The van der Waals surface area contributed by atoms with Gasteiger partial charge in [0.15, 0.2) is 0 Å². The summed E-state index contributed by atoms with van der Waals surface area (Å²) in [6, 6.07) is 0. The van der Waals surface area contributed by atoms with Crippen LogP contribution in [0.1, 0.15) is 91.4 Å². The molecule has 4 rings (SSSR count). The van der Waals surface area contributed by atoms with Crippen molar-refractivity contribution in [2.45, 2.75) is 91.4 Å². The van der Waals surface area contributed by atoms with Crippen molar-refractivity contribution < 1.29 is 0 Å². The molecule has 0 heteroatoms. The summed E-state index contributed by atoms with van der Waals surface area (Å²) in [6.07, 6.45) is 17.0. The molecule has 4 saturated carbocycles. The monoisotopic (exact) mass is 288 g/mol. The van der Waals surface area contributed by atoms with Gasteiger partial charge < -0.3 is 0 Å². The van der Waals surface area contributed by atoms with E-state index in [1.165, 1.54) is 19.3 Å². The molecule has 0 spiro atoms. The highest BCUT2D eigenvalue weighted by molar-refractivity contribution is 5.08. The molecule has 0 amide bonds. The first-order valence-electron chi connectivity index (χ1n) is 10.1. The van der Waals surface area contributed by atoms with E-state index in [-0.39, 0.29) is 0 Å². The van der Waals surface area contributed by atoms with Crippen LogP contribution in [0.2, 0.25) is 0 Å². The zero-order valence-electron chi connectivity index (χ0n) is 14.7. The van der Waals surface area contributed by atoms with Crippen LogP contribution in [0.15, 0.2) is 0 Å². The van der Waals surface area contributed by atoms with E-state index in [0.717, 1.165) is 40.4 Å². The van der Waals surface area contributed by atoms with Gasteiger partial charge in [0.1, 0.15) is 0 Å². The highest BCUT2D eigenvalue weighted by Crippen LogP contribution is 2.67. The van der Waals surface area contributed by atoms with Gasteiger partial charge in [0.25, 0.3) is 0 Å². The van der Waals surface area contributed by atoms with Gasteiger partial charge in [-0.05, 0) is 91.8 Å². The van der Waals surface area contributed by atoms with Crippen LogP contribution in [0, 0.1) is 40.4 Å². The quantitative estimate of drug-likeness (QED) is 0.520. The number of rotatable bonds is 1. The first-order valence-corrected chi connectivity index (χ1v) is 10.1. The fourth-order valence-electron chi connectivity index (χ4n) is 7.98. The molecule has 7 atom stereocenters. The van der Waals surface area contributed by atoms with Crippen molar-refractivity contribution >= 4 is 0 Å². The van der Waals surface area contributed by atoms with Gasteiger partial charge in [0, 0.05) is 0 Å². The van der Waals surface area contributed by atoms with Gasteiger partial charge >= 0.3 is 0 Å². The molecule has 0 aromatic rings. The third kappa shape index (κ3) is 1.99. The summed E-state index contributed by atoms with van der Waals surface area (Å²) in [5, 5.41) is 0. The number of fused-ring (bicyclic) bond motifs is 5.